The van der Waals surface area contributed by atoms with Crippen molar-refractivity contribution in [1.29, 1.82) is 0 Å². The molecule has 0 aliphatic rings. The molecule has 21 heavy (non-hydrogen) atoms. The molecule has 0 fully saturated rings. The number of ether oxygens (including phenoxy) is 1. The van der Waals surface area contributed by atoms with Gasteiger partial charge in [0, 0.05) is 24.0 Å². The van der Waals surface area contributed by atoms with E-state index in [0.29, 0.717) is 11.5 Å². The molecule has 0 radical (unpaired) electrons. The van der Waals surface area contributed by atoms with Crippen molar-refractivity contribution in [2.45, 2.75) is 33.2 Å². The Morgan fingerprint density at radius 3 is 2.67 bits per heavy atom. The smallest absolute Gasteiger partial charge is 0.150 e. The van der Waals surface area contributed by atoms with Crippen LogP contribution in [0, 0.1) is 0 Å². The summed E-state index contributed by atoms with van der Waals surface area (Å²) in [6.45, 7) is 4.71. The maximum absolute atomic E-state index is 5.71. The van der Waals surface area contributed by atoms with E-state index in [-0.39, 0.29) is 0 Å². The van der Waals surface area contributed by atoms with Crippen LogP contribution < -0.4 is 10.5 Å². The summed E-state index contributed by atoms with van der Waals surface area (Å²) >= 11 is 5.04. The summed E-state index contributed by atoms with van der Waals surface area (Å²) in [7, 11) is 1.65. The minimum absolute atomic E-state index is 0.377. The second-order valence-corrected chi connectivity index (χ2v) is 5.14. The highest BCUT2D eigenvalue weighted by Crippen LogP contribution is 2.21. The first-order valence-corrected chi connectivity index (χ1v) is 7.39. The Kier molecular flexibility index (Phi) is 4.90. The molecule has 1 aromatic carbocycles. The second-order valence-electron chi connectivity index (χ2n) is 4.70. The fourth-order valence-corrected chi connectivity index (χ4v) is 2.31. The standard InChI is InChI=1S/C15H20N4OS/c1-4-13-17-14(5-2)19(18-13)9-11-8-10(15(16)21)6-7-12(11)20-3/h6-8H,4-5,9H2,1-3H3,(H2,16,21). The van der Waals surface area contributed by atoms with Crippen LogP contribution in [0.15, 0.2) is 18.2 Å². The first-order valence-electron chi connectivity index (χ1n) is 6.98. The molecule has 6 heteroatoms. The van der Waals surface area contributed by atoms with Gasteiger partial charge in [0.25, 0.3) is 0 Å². The number of rotatable bonds is 6. The van der Waals surface area contributed by atoms with E-state index in [1.54, 1.807) is 7.11 Å². The molecular weight excluding hydrogens is 284 g/mol. The molecule has 1 aromatic heterocycles. The topological polar surface area (TPSA) is 66.0 Å². The van der Waals surface area contributed by atoms with E-state index in [9.17, 15) is 0 Å². The van der Waals surface area contributed by atoms with E-state index in [1.807, 2.05) is 29.8 Å². The molecule has 0 atom stereocenters. The highest BCUT2D eigenvalue weighted by Gasteiger charge is 2.12. The van der Waals surface area contributed by atoms with Crippen LogP contribution in [0.1, 0.15) is 36.6 Å². The van der Waals surface area contributed by atoms with E-state index in [2.05, 4.69) is 17.0 Å². The summed E-state index contributed by atoms with van der Waals surface area (Å²) < 4.78 is 7.33. The number of aryl methyl sites for hydroxylation is 2. The van der Waals surface area contributed by atoms with Gasteiger partial charge in [0.2, 0.25) is 0 Å². The van der Waals surface area contributed by atoms with Crippen molar-refractivity contribution in [3.8, 4) is 5.75 Å². The Morgan fingerprint density at radius 1 is 1.33 bits per heavy atom. The van der Waals surface area contributed by atoms with Gasteiger partial charge in [-0.15, -0.1) is 0 Å². The number of aromatic nitrogens is 3. The summed E-state index contributed by atoms with van der Waals surface area (Å²) in [5.74, 6) is 2.62. The third kappa shape index (κ3) is 3.39. The number of hydrogen-bond acceptors (Lipinski definition) is 4. The third-order valence-corrected chi connectivity index (χ3v) is 3.55. The van der Waals surface area contributed by atoms with Crippen LogP contribution in [0.3, 0.4) is 0 Å². The molecule has 0 unspecified atom stereocenters. The molecule has 2 aromatic rings. The van der Waals surface area contributed by atoms with Gasteiger partial charge in [0.1, 0.15) is 16.6 Å². The van der Waals surface area contributed by atoms with Crippen molar-refractivity contribution in [2.75, 3.05) is 7.11 Å². The molecule has 1 heterocycles. The largest absolute Gasteiger partial charge is 0.496 e. The van der Waals surface area contributed by atoms with Crippen LogP contribution in [0.25, 0.3) is 0 Å². The van der Waals surface area contributed by atoms with Crippen LogP contribution >= 0.6 is 12.2 Å². The molecule has 112 valence electrons. The van der Waals surface area contributed by atoms with Gasteiger partial charge >= 0.3 is 0 Å². The average Bonchev–Trinajstić information content (AvgIpc) is 2.89. The molecule has 2 N–H and O–H groups in total. The van der Waals surface area contributed by atoms with E-state index in [4.69, 9.17) is 22.7 Å². The minimum Gasteiger partial charge on any atom is -0.496 e. The van der Waals surface area contributed by atoms with Crippen molar-refractivity contribution < 1.29 is 4.74 Å². The predicted octanol–water partition coefficient (Wildman–Crippen LogP) is 2.09. The molecule has 2 rings (SSSR count). The van der Waals surface area contributed by atoms with Crippen LogP contribution in [-0.4, -0.2) is 26.9 Å². The molecule has 0 bridgehead atoms. The number of methoxy groups -OCH3 is 1. The van der Waals surface area contributed by atoms with Gasteiger partial charge < -0.3 is 10.5 Å². The van der Waals surface area contributed by atoms with Gasteiger partial charge in [-0.2, -0.15) is 5.10 Å². The lowest BCUT2D eigenvalue weighted by molar-refractivity contribution is 0.407. The Labute approximate surface area is 130 Å². The summed E-state index contributed by atoms with van der Waals surface area (Å²) in [6, 6.07) is 5.70. The SMILES string of the molecule is CCc1nc(CC)n(Cc2cc(C(N)=S)ccc2OC)n1. The number of benzene rings is 1. The van der Waals surface area contributed by atoms with Gasteiger partial charge in [0.15, 0.2) is 5.82 Å². The summed E-state index contributed by atoms with van der Waals surface area (Å²) in [6.07, 6.45) is 1.66. The van der Waals surface area contributed by atoms with Gasteiger partial charge in [-0.25, -0.2) is 9.67 Å². The van der Waals surface area contributed by atoms with Gasteiger partial charge in [-0.1, -0.05) is 26.1 Å². The monoisotopic (exact) mass is 304 g/mol. The zero-order chi connectivity index (χ0) is 15.4. The molecule has 0 spiro atoms. The second kappa shape index (κ2) is 6.67. The maximum Gasteiger partial charge on any atom is 0.150 e. The third-order valence-electron chi connectivity index (χ3n) is 3.31. The molecule has 0 aliphatic carbocycles. The zero-order valence-electron chi connectivity index (χ0n) is 12.6. The Balaban J connectivity index is 2.39. The van der Waals surface area contributed by atoms with Crippen molar-refractivity contribution in [2.24, 2.45) is 5.73 Å². The number of nitrogens with zero attached hydrogens (tertiary/aromatic N) is 3. The van der Waals surface area contributed by atoms with Crippen LogP contribution in [0.2, 0.25) is 0 Å². The van der Waals surface area contributed by atoms with Crippen LogP contribution in [-0.2, 0) is 19.4 Å². The predicted molar refractivity (Wildman–Crippen MR) is 86.8 cm³/mol. The van der Waals surface area contributed by atoms with Crippen molar-refractivity contribution in [1.82, 2.24) is 14.8 Å². The molecule has 5 nitrogen and oxygen atoms in total. The molecule has 0 amide bonds. The van der Waals surface area contributed by atoms with Gasteiger partial charge in [-0.05, 0) is 18.2 Å². The van der Waals surface area contributed by atoms with Crippen LogP contribution in [0.4, 0.5) is 0 Å². The van der Waals surface area contributed by atoms with E-state index in [0.717, 1.165) is 41.4 Å². The number of thiocarbonyl (C=S) groups is 1. The summed E-state index contributed by atoms with van der Waals surface area (Å²) in [5, 5.41) is 4.53. The molecule has 0 aliphatic heterocycles. The number of hydrogen-bond donors (Lipinski definition) is 1. The van der Waals surface area contributed by atoms with Crippen molar-refractivity contribution in [3.63, 3.8) is 0 Å². The molecular formula is C15H20N4OS. The van der Waals surface area contributed by atoms with Crippen molar-refractivity contribution in [3.05, 3.63) is 41.0 Å². The van der Waals surface area contributed by atoms with Crippen LogP contribution in [0.5, 0.6) is 5.75 Å². The summed E-state index contributed by atoms with van der Waals surface area (Å²) in [5.41, 5.74) is 7.52. The molecule has 0 saturated heterocycles. The Hall–Kier alpha value is -1.95. The zero-order valence-corrected chi connectivity index (χ0v) is 13.4. The van der Waals surface area contributed by atoms with Gasteiger partial charge in [0.05, 0.1) is 13.7 Å². The number of nitrogens with two attached hydrogens (primary N) is 1. The Bertz CT molecular complexity index is 651. The normalized spacial score (nSPS) is 10.6. The highest BCUT2D eigenvalue weighted by molar-refractivity contribution is 7.80. The Morgan fingerprint density at radius 2 is 2.10 bits per heavy atom. The fraction of sp³-hybridized carbons (Fsp3) is 0.400. The highest BCUT2D eigenvalue weighted by atomic mass is 32.1. The fourth-order valence-electron chi connectivity index (χ4n) is 2.18. The average molecular weight is 304 g/mol. The molecule has 0 saturated carbocycles. The maximum atomic E-state index is 5.71. The lowest BCUT2D eigenvalue weighted by Crippen LogP contribution is -2.12. The first kappa shape index (κ1) is 15.4. The lowest BCUT2D eigenvalue weighted by atomic mass is 10.1. The van der Waals surface area contributed by atoms with Crippen molar-refractivity contribution >= 4 is 17.2 Å². The van der Waals surface area contributed by atoms with E-state index >= 15 is 0 Å². The first-order chi connectivity index (χ1) is 10.1. The lowest BCUT2D eigenvalue weighted by Gasteiger charge is -2.11. The summed E-state index contributed by atoms with van der Waals surface area (Å²) in [4.78, 5) is 4.89. The quantitative estimate of drug-likeness (QED) is 0.828. The van der Waals surface area contributed by atoms with E-state index in [1.165, 1.54) is 0 Å². The minimum atomic E-state index is 0.377. The van der Waals surface area contributed by atoms with Gasteiger partial charge in [-0.3, -0.25) is 0 Å². The van der Waals surface area contributed by atoms with E-state index < -0.39 is 0 Å².